The van der Waals surface area contributed by atoms with Gasteiger partial charge >= 0.3 is 5.97 Å². The number of carboxylic acid groups (broad SMARTS) is 1. The average molecular weight is 561 g/mol. The standard InChI is InChI=1S/C30H36N6O5/c1-3-17(2)27(36-26(37)14-31)29(39)34-24(12-18-15-32-22-10-6-4-8-20(18)22)28(38)35-25(30(40)41)13-19-16-33-23-11-7-5-9-21(19)23/h4-11,15-17,24-25,27,32-33H,3,12-14,31H2,1-2H3,(H,34,39)(H,35,38)(H,36,37)(H,40,41). The molecule has 11 nitrogen and oxygen atoms in total. The Labute approximate surface area is 237 Å². The van der Waals surface area contributed by atoms with E-state index in [1.165, 1.54) is 0 Å². The summed E-state index contributed by atoms with van der Waals surface area (Å²) >= 11 is 0. The Morgan fingerprint density at radius 3 is 1.83 bits per heavy atom. The molecule has 4 unspecified atom stereocenters. The van der Waals surface area contributed by atoms with Crippen LogP contribution in [0.2, 0.25) is 0 Å². The summed E-state index contributed by atoms with van der Waals surface area (Å²) in [6, 6.07) is 11.8. The molecule has 2 aromatic carbocycles. The Balaban J connectivity index is 1.60. The smallest absolute Gasteiger partial charge is 0.326 e. The number of fused-ring (bicyclic) bond motifs is 2. The second-order valence-corrected chi connectivity index (χ2v) is 10.2. The lowest BCUT2D eigenvalue weighted by molar-refractivity contribution is -0.142. The minimum absolute atomic E-state index is 0.0425. The van der Waals surface area contributed by atoms with E-state index in [-0.39, 0.29) is 25.3 Å². The fourth-order valence-electron chi connectivity index (χ4n) is 4.92. The molecule has 4 rings (SSSR count). The fraction of sp³-hybridized carbons (Fsp3) is 0.333. The van der Waals surface area contributed by atoms with Crippen LogP contribution in [0.5, 0.6) is 0 Å². The van der Waals surface area contributed by atoms with E-state index in [4.69, 9.17) is 5.73 Å². The molecule has 0 radical (unpaired) electrons. The Morgan fingerprint density at radius 1 is 0.805 bits per heavy atom. The highest BCUT2D eigenvalue weighted by atomic mass is 16.4. The summed E-state index contributed by atoms with van der Waals surface area (Å²) in [5.74, 6) is -3.13. The lowest BCUT2D eigenvalue weighted by Crippen LogP contribution is -2.58. The molecule has 216 valence electrons. The van der Waals surface area contributed by atoms with Gasteiger partial charge in [-0.1, -0.05) is 56.7 Å². The molecule has 41 heavy (non-hydrogen) atoms. The number of para-hydroxylation sites is 2. The number of H-pyrrole nitrogens is 2. The summed E-state index contributed by atoms with van der Waals surface area (Å²) in [5, 5.41) is 19.8. The number of rotatable bonds is 13. The van der Waals surface area contributed by atoms with Crippen molar-refractivity contribution in [1.29, 1.82) is 0 Å². The highest BCUT2D eigenvalue weighted by molar-refractivity contribution is 5.95. The molecule has 8 N–H and O–H groups in total. The van der Waals surface area contributed by atoms with Gasteiger partial charge in [-0.3, -0.25) is 14.4 Å². The molecule has 11 heteroatoms. The van der Waals surface area contributed by atoms with Crippen molar-refractivity contribution in [2.24, 2.45) is 11.7 Å². The molecule has 0 aliphatic rings. The van der Waals surface area contributed by atoms with Gasteiger partial charge in [-0.05, 0) is 29.2 Å². The number of nitrogens with two attached hydrogens (primary N) is 1. The summed E-state index contributed by atoms with van der Waals surface area (Å²) in [6.45, 7) is 3.42. The molecule has 4 aromatic rings. The second-order valence-electron chi connectivity index (χ2n) is 10.2. The summed E-state index contributed by atoms with van der Waals surface area (Å²) in [5.41, 5.74) is 8.70. The summed E-state index contributed by atoms with van der Waals surface area (Å²) < 4.78 is 0. The molecule has 0 spiro atoms. The molecule has 3 amide bonds. The Bertz CT molecular complexity index is 1540. The van der Waals surface area contributed by atoms with Crippen molar-refractivity contribution >= 4 is 45.5 Å². The molecule has 0 saturated heterocycles. The minimum atomic E-state index is -1.24. The molecule has 0 bridgehead atoms. The van der Waals surface area contributed by atoms with Gasteiger partial charge in [0.1, 0.15) is 18.1 Å². The number of nitrogens with one attached hydrogen (secondary N) is 5. The molecule has 0 aliphatic carbocycles. The first-order valence-electron chi connectivity index (χ1n) is 13.6. The number of hydrogen-bond acceptors (Lipinski definition) is 5. The van der Waals surface area contributed by atoms with Crippen molar-refractivity contribution < 1.29 is 24.3 Å². The van der Waals surface area contributed by atoms with Crippen LogP contribution in [0.1, 0.15) is 31.4 Å². The predicted molar refractivity (Wildman–Crippen MR) is 156 cm³/mol. The van der Waals surface area contributed by atoms with E-state index < -0.39 is 41.8 Å². The number of aromatic nitrogens is 2. The van der Waals surface area contributed by atoms with Crippen molar-refractivity contribution in [3.8, 4) is 0 Å². The molecular formula is C30H36N6O5. The summed E-state index contributed by atoms with van der Waals surface area (Å²) in [7, 11) is 0. The van der Waals surface area contributed by atoms with Gasteiger partial charge in [0, 0.05) is 47.0 Å². The lowest BCUT2D eigenvalue weighted by atomic mass is 9.97. The van der Waals surface area contributed by atoms with Gasteiger partial charge in [0.15, 0.2) is 0 Å². The minimum Gasteiger partial charge on any atom is -0.480 e. The van der Waals surface area contributed by atoms with Gasteiger partial charge in [-0.25, -0.2) is 4.79 Å². The van der Waals surface area contributed by atoms with E-state index in [0.29, 0.717) is 6.42 Å². The number of carbonyl (C=O) groups is 4. The highest BCUT2D eigenvalue weighted by Crippen LogP contribution is 2.21. The largest absolute Gasteiger partial charge is 0.480 e. The molecule has 4 atom stereocenters. The Morgan fingerprint density at radius 2 is 1.32 bits per heavy atom. The maximum absolute atomic E-state index is 13.7. The monoisotopic (exact) mass is 560 g/mol. The Hall–Kier alpha value is -4.64. The van der Waals surface area contributed by atoms with E-state index in [9.17, 15) is 24.3 Å². The van der Waals surface area contributed by atoms with Gasteiger partial charge in [0.2, 0.25) is 17.7 Å². The van der Waals surface area contributed by atoms with Gasteiger partial charge in [0.25, 0.3) is 0 Å². The van der Waals surface area contributed by atoms with Crippen LogP contribution >= 0.6 is 0 Å². The van der Waals surface area contributed by atoms with Gasteiger partial charge in [-0.2, -0.15) is 0 Å². The quantitative estimate of drug-likeness (QED) is 0.131. The van der Waals surface area contributed by atoms with Crippen LogP contribution in [0, 0.1) is 5.92 Å². The first-order chi connectivity index (χ1) is 19.7. The number of benzene rings is 2. The molecule has 0 saturated carbocycles. The SMILES string of the molecule is CCC(C)C(NC(=O)CN)C(=O)NC(Cc1c[nH]c2ccccc12)C(=O)NC(Cc1c[nH]c2ccccc12)C(=O)O. The van der Waals surface area contributed by atoms with Crippen LogP contribution in [0.3, 0.4) is 0 Å². The van der Waals surface area contributed by atoms with E-state index in [0.717, 1.165) is 32.9 Å². The van der Waals surface area contributed by atoms with E-state index in [1.54, 1.807) is 12.4 Å². The second kappa shape index (κ2) is 13.1. The van der Waals surface area contributed by atoms with Crippen molar-refractivity contribution in [3.05, 3.63) is 72.1 Å². The number of carbonyl (C=O) groups excluding carboxylic acids is 3. The zero-order valence-corrected chi connectivity index (χ0v) is 23.1. The van der Waals surface area contributed by atoms with Crippen molar-refractivity contribution in [3.63, 3.8) is 0 Å². The van der Waals surface area contributed by atoms with Crippen LogP contribution < -0.4 is 21.7 Å². The molecule has 0 aliphatic heterocycles. The van der Waals surface area contributed by atoms with Gasteiger partial charge < -0.3 is 36.8 Å². The molecular weight excluding hydrogens is 524 g/mol. The normalized spacial score (nSPS) is 14.2. The number of aliphatic carboxylic acids is 1. The third kappa shape index (κ3) is 6.93. The van der Waals surface area contributed by atoms with E-state index in [1.807, 2.05) is 62.4 Å². The summed E-state index contributed by atoms with van der Waals surface area (Å²) in [4.78, 5) is 57.7. The van der Waals surface area contributed by atoms with Crippen molar-refractivity contribution in [2.75, 3.05) is 6.54 Å². The van der Waals surface area contributed by atoms with E-state index >= 15 is 0 Å². The van der Waals surface area contributed by atoms with Crippen LogP contribution in [-0.2, 0) is 32.0 Å². The number of aromatic amines is 2. The Kier molecular flexibility index (Phi) is 9.41. The third-order valence-corrected chi connectivity index (χ3v) is 7.44. The number of carboxylic acids is 1. The first kappa shape index (κ1) is 29.3. The number of amides is 3. The zero-order chi connectivity index (χ0) is 29.5. The predicted octanol–water partition coefficient (Wildman–Crippen LogP) is 1.98. The number of hydrogen-bond donors (Lipinski definition) is 7. The topological polar surface area (TPSA) is 182 Å². The van der Waals surface area contributed by atoms with Crippen molar-refractivity contribution in [2.45, 2.75) is 51.2 Å². The molecule has 2 aromatic heterocycles. The molecule has 2 heterocycles. The van der Waals surface area contributed by atoms with Crippen LogP contribution in [0.25, 0.3) is 21.8 Å². The van der Waals surface area contributed by atoms with Crippen LogP contribution in [0.4, 0.5) is 0 Å². The maximum Gasteiger partial charge on any atom is 0.326 e. The summed E-state index contributed by atoms with van der Waals surface area (Å²) in [6.07, 6.45) is 4.23. The molecule has 0 fully saturated rings. The zero-order valence-electron chi connectivity index (χ0n) is 23.1. The average Bonchev–Trinajstić information content (AvgIpc) is 3.58. The third-order valence-electron chi connectivity index (χ3n) is 7.44. The fourth-order valence-corrected chi connectivity index (χ4v) is 4.92. The van der Waals surface area contributed by atoms with E-state index in [2.05, 4.69) is 25.9 Å². The first-order valence-corrected chi connectivity index (χ1v) is 13.6. The van der Waals surface area contributed by atoms with Crippen molar-refractivity contribution in [1.82, 2.24) is 25.9 Å². The van der Waals surface area contributed by atoms with Gasteiger partial charge in [-0.15, -0.1) is 0 Å². The lowest BCUT2D eigenvalue weighted by Gasteiger charge is -2.27. The highest BCUT2D eigenvalue weighted by Gasteiger charge is 2.32. The maximum atomic E-state index is 13.7. The van der Waals surface area contributed by atoms with Crippen LogP contribution in [0.15, 0.2) is 60.9 Å². The van der Waals surface area contributed by atoms with Crippen LogP contribution in [-0.4, -0.2) is 63.4 Å². The van der Waals surface area contributed by atoms with Gasteiger partial charge in [0.05, 0.1) is 6.54 Å².